The van der Waals surface area contributed by atoms with Crippen LogP contribution in [0.4, 0.5) is 0 Å². The molecule has 1 rings (SSSR count). The molecule has 1 fully saturated rings. The quantitative estimate of drug-likeness (QED) is 0.687. The number of rotatable bonds is 5. The molecule has 1 aliphatic rings. The van der Waals surface area contributed by atoms with E-state index in [0.29, 0.717) is 5.41 Å². The fourth-order valence-corrected chi connectivity index (χ4v) is 1.85. The van der Waals surface area contributed by atoms with Crippen LogP contribution in [-0.4, -0.2) is 18.2 Å². The van der Waals surface area contributed by atoms with E-state index in [-0.39, 0.29) is 0 Å². The largest absolute Gasteiger partial charge is 0.363 e. The van der Waals surface area contributed by atoms with Crippen molar-refractivity contribution in [1.29, 1.82) is 0 Å². The van der Waals surface area contributed by atoms with Gasteiger partial charge in [0.05, 0.1) is 0 Å². The van der Waals surface area contributed by atoms with Crippen LogP contribution >= 0.6 is 12.2 Å². The van der Waals surface area contributed by atoms with E-state index >= 15 is 0 Å². The van der Waals surface area contributed by atoms with Gasteiger partial charge < -0.3 is 10.6 Å². The molecule has 14 heavy (non-hydrogen) atoms. The Kier molecular flexibility index (Phi) is 4.17. The predicted molar refractivity (Wildman–Crippen MR) is 65.4 cm³/mol. The van der Waals surface area contributed by atoms with Gasteiger partial charge in [-0.05, 0) is 42.8 Å². The molecule has 2 nitrogen and oxygen atoms in total. The summed E-state index contributed by atoms with van der Waals surface area (Å²) in [5.41, 5.74) is 0.540. The second kappa shape index (κ2) is 4.96. The van der Waals surface area contributed by atoms with E-state index in [1.165, 1.54) is 12.8 Å². The lowest BCUT2D eigenvalue weighted by molar-refractivity contribution is 0.356. The number of nitrogens with one attached hydrogen (secondary N) is 2. The second-order valence-corrected chi connectivity index (χ2v) is 5.03. The van der Waals surface area contributed by atoms with Gasteiger partial charge in [-0.3, -0.25) is 0 Å². The predicted octanol–water partition coefficient (Wildman–Crippen LogP) is 2.30. The normalized spacial score (nSPS) is 18.0. The van der Waals surface area contributed by atoms with Crippen LogP contribution in [0, 0.1) is 11.3 Å². The lowest BCUT2D eigenvalue weighted by Crippen LogP contribution is -2.39. The minimum atomic E-state index is 0.540. The monoisotopic (exact) mass is 214 g/mol. The van der Waals surface area contributed by atoms with Crippen LogP contribution in [0.1, 0.15) is 40.0 Å². The third kappa shape index (κ3) is 3.12. The first kappa shape index (κ1) is 11.8. The fourth-order valence-electron chi connectivity index (χ4n) is 1.68. The van der Waals surface area contributed by atoms with Crippen LogP contribution in [0.15, 0.2) is 0 Å². The lowest BCUT2D eigenvalue weighted by Gasteiger charge is -2.21. The molecular formula is C11H22N2S. The Morgan fingerprint density at radius 1 is 1.36 bits per heavy atom. The molecule has 0 bridgehead atoms. The lowest BCUT2D eigenvalue weighted by atomic mass is 9.92. The first-order valence-corrected chi connectivity index (χ1v) is 6.03. The topological polar surface area (TPSA) is 24.1 Å². The average Bonchev–Trinajstić information content (AvgIpc) is 2.92. The Bertz CT molecular complexity index is 197. The van der Waals surface area contributed by atoms with Crippen LogP contribution in [0.5, 0.6) is 0 Å². The first-order chi connectivity index (χ1) is 6.60. The molecule has 0 atom stereocenters. The fraction of sp³-hybridized carbons (Fsp3) is 0.909. The summed E-state index contributed by atoms with van der Waals surface area (Å²) in [5, 5.41) is 7.33. The minimum Gasteiger partial charge on any atom is -0.363 e. The maximum absolute atomic E-state index is 5.18. The van der Waals surface area contributed by atoms with Crippen molar-refractivity contribution in [3.05, 3.63) is 0 Å². The molecule has 2 N–H and O–H groups in total. The van der Waals surface area contributed by atoms with Crippen molar-refractivity contribution in [3.8, 4) is 0 Å². The van der Waals surface area contributed by atoms with Crippen LogP contribution in [0.3, 0.4) is 0 Å². The van der Waals surface area contributed by atoms with Crippen molar-refractivity contribution in [2.24, 2.45) is 11.3 Å². The highest BCUT2D eigenvalue weighted by atomic mass is 32.1. The maximum atomic E-state index is 5.18. The van der Waals surface area contributed by atoms with E-state index in [0.717, 1.165) is 30.5 Å². The summed E-state index contributed by atoms with van der Waals surface area (Å²) in [6.07, 6.45) is 3.83. The molecule has 0 amide bonds. The summed E-state index contributed by atoms with van der Waals surface area (Å²) in [4.78, 5) is 0. The van der Waals surface area contributed by atoms with Crippen LogP contribution in [0.2, 0.25) is 0 Å². The molecule has 0 radical (unpaired) electrons. The van der Waals surface area contributed by atoms with Crippen molar-refractivity contribution in [2.75, 3.05) is 13.1 Å². The summed E-state index contributed by atoms with van der Waals surface area (Å²) in [5.74, 6) is 0.768. The highest BCUT2D eigenvalue weighted by Crippen LogP contribution is 2.51. The van der Waals surface area contributed by atoms with Crippen molar-refractivity contribution in [2.45, 2.75) is 40.0 Å². The molecule has 0 aromatic rings. The van der Waals surface area contributed by atoms with Crippen molar-refractivity contribution in [3.63, 3.8) is 0 Å². The maximum Gasteiger partial charge on any atom is 0.166 e. The third-order valence-corrected chi connectivity index (χ3v) is 3.54. The Labute approximate surface area is 92.8 Å². The molecule has 0 aromatic heterocycles. The van der Waals surface area contributed by atoms with Gasteiger partial charge in [0.25, 0.3) is 0 Å². The first-order valence-electron chi connectivity index (χ1n) is 5.62. The summed E-state index contributed by atoms with van der Waals surface area (Å²) in [6.45, 7) is 8.77. The summed E-state index contributed by atoms with van der Waals surface area (Å²) in [7, 11) is 0. The zero-order chi connectivity index (χ0) is 10.6. The number of thiocarbonyl (C=S) groups is 1. The van der Waals surface area contributed by atoms with Gasteiger partial charge in [-0.2, -0.15) is 0 Å². The van der Waals surface area contributed by atoms with Gasteiger partial charge in [0.15, 0.2) is 5.11 Å². The van der Waals surface area contributed by atoms with Gasteiger partial charge in [0, 0.05) is 13.1 Å². The molecule has 3 heteroatoms. The Morgan fingerprint density at radius 3 is 2.43 bits per heavy atom. The summed E-state index contributed by atoms with van der Waals surface area (Å²) >= 11 is 5.18. The van der Waals surface area contributed by atoms with E-state index < -0.39 is 0 Å². The highest BCUT2D eigenvalue weighted by molar-refractivity contribution is 7.80. The van der Waals surface area contributed by atoms with Crippen LogP contribution < -0.4 is 10.6 Å². The molecule has 82 valence electrons. The van der Waals surface area contributed by atoms with Crippen molar-refractivity contribution < 1.29 is 0 Å². The van der Waals surface area contributed by atoms with E-state index in [2.05, 4.69) is 31.4 Å². The van der Waals surface area contributed by atoms with Crippen LogP contribution in [0.25, 0.3) is 0 Å². The summed E-state index contributed by atoms with van der Waals surface area (Å²) in [6, 6.07) is 0. The molecule has 1 aliphatic carbocycles. The SMILES string of the molecule is CCCNC(=S)NCC1(C(C)C)CC1. The van der Waals surface area contributed by atoms with E-state index in [4.69, 9.17) is 12.2 Å². The number of hydrogen-bond donors (Lipinski definition) is 2. The molecule has 0 unspecified atom stereocenters. The van der Waals surface area contributed by atoms with E-state index in [1.807, 2.05) is 0 Å². The van der Waals surface area contributed by atoms with E-state index in [1.54, 1.807) is 0 Å². The second-order valence-electron chi connectivity index (χ2n) is 4.63. The molecule has 1 saturated carbocycles. The van der Waals surface area contributed by atoms with Gasteiger partial charge in [-0.25, -0.2) is 0 Å². The number of hydrogen-bond acceptors (Lipinski definition) is 1. The third-order valence-electron chi connectivity index (χ3n) is 3.25. The zero-order valence-corrected chi connectivity index (χ0v) is 10.3. The van der Waals surface area contributed by atoms with Crippen LogP contribution in [-0.2, 0) is 0 Å². The Morgan fingerprint density at radius 2 is 2.00 bits per heavy atom. The van der Waals surface area contributed by atoms with Gasteiger partial charge in [0.1, 0.15) is 0 Å². The van der Waals surface area contributed by atoms with Gasteiger partial charge >= 0.3 is 0 Å². The molecular weight excluding hydrogens is 192 g/mol. The Balaban J connectivity index is 2.17. The Hall–Kier alpha value is -0.310. The smallest absolute Gasteiger partial charge is 0.166 e. The zero-order valence-electron chi connectivity index (χ0n) is 9.52. The van der Waals surface area contributed by atoms with Gasteiger partial charge in [-0.1, -0.05) is 20.8 Å². The highest BCUT2D eigenvalue weighted by Gasteiger charge is 2.44. The summed E-state index contributed by atoms with van der Waals surface area (Å²) < 4.78 is 0. The molecule has 0 aromatic carbocycles. The molecule has 0 spiro atoms. The van der Waals surface area contributed by atoms with Gasteiger partial charge in [0.2, 0.25) is 0 Å². The molecule has 0 heterocycles. The van der Waals surface area contributed by atoms with E-state index in [9.17, 15) is 0 Å². The molecule has 0 saturated heterocycles. The minimum absolute atomic E-state index is 0.540. The average molecular weight is 214 g/mol. The molecule has 0 aliphatic heterocycles. The van der Waals surface area contributed by atoms with Crippen molar-refractivity contribution >= 4 is 17.3 Å². The standard InChI is InChI=1S/C11H22N2S/c1-4-7-12-10(14)13-8-11(5-6-11)9(2)3/h9H,4-8H2,1-3H3,(H2,12,13,14). The van der Waals surface area contributed by atoms with Crippen molar-refractivity contribution in [1.82, 2.24) is 10.6 Å². The van der Waals surface area contributed by atoms with Gasteiger partial charge in [-0.15, -0.1) is 0 Å².